The molecule has 0 aliphatic carbocycles. The van der Waals surface area contributed by atoms with E-state index in [2.05, 4.69) is 19.2 Å². The first-order valence-corrected chi connectivity index (χ1v) is 10.1. The highest BCUT2D eigenvalue weighted by atomic mass is 32.2. The normalized spacial score (nSPS) is 16.4. The lowest BCUT2D eigenvalue weighted by Crippen LogP contribution is -2.42. The Hall–Kier alpha value is -2.08. The van der Waals surface area contributed by atoms with Crippen molar-refractivity contribution in [1.29, 1.82) is 0 Å². The maximum atomic E-state index is 12.8. The molecule has 25 heavy (non-hydrogen) atoms. The van der Waals surface area contributed by atoms with Crippen LogP contribution in [0.5, 0.6) is 0 Å². The van der Waals surface area contributed by atoms with Gasteiger partial charge >= 0.3 is 0 Å². The summed E-state index contributed by atoms with van der Waals surface area (Å²) in [6, 6.07) is 10.7. The number of anilines is 1. The monoisotopic (exact) mass is 360 g/mol. The van der Waals surface area contributed by atoms with Gasteiger partial charge in [0.1, 0.15) is 6.54 Å². The van der Waals surface area contributed by atoms with Crippen LogP contribution in [0.3, 0.4) is 0 Å². The van der Waals surface area contributed by atoms with Gasteiger partial charge in [-0.1, -0.05) is 38.1 Å². The Balaban J connectivity index is 1.80. The third kappa shape index (κ3) is 3.35. The van der Waals surface area contributed by atoms with Crippen molar-refractivity contribution in [2.24, 2.45) is 5.92 Å². The largest absolute Gasteiger partial charge is 0.352 e. The van der Waals surface area contributed by atoms with Crippen molar-refractivity contribution in [2.75, 3.05) is 10.8 Å². The van der Waals surface area contributed by atoms with E-state index in [1.54, 1.807) is 18.2 Å². The molecule has 1 N–H and O–H groups in total. The Morgan fingerprint density at radius 2 is 1.76 bits per heavy atom. The first-order chi connectivity index (χ1) is 11.8. The van der Waals surface area contributed by atoms with E-state index < -0.39 is 10.0 Å². The summed E-state index contributed by atoms with van der Waals surface area (Å²) in [7, 11) is -3.68. The van der Waals surface area contributed by atoms with Gasteiger partial charge in [-0.25, -0.2) is 8.42 Å². The van der Waals surface area contributed by atoms with Crippen molar-refractivity contribution in [3.8, 4) is 0 Å². The predicted molar refractivity (Wildman–Crippen MR) is 100 cm³/mol. The van der Waals surface area contributed by atoms with E-state index in [-0.39, 0.29) is 23.4 Å². The molecule has 0 spiro atoms. The maximum Gasteiger partial charge on any atom is 0.265 e. The van der Waals surface area contributed by atoms with Gasteiger partial charge in [-0.2, -0.15) is 0 Å². The van der Waals surface area contributed by atoms with Gasteiger partial charge in [0.25, 0.3) is 10.0 Å². The second-order valence-corrected chi connectivity index (χ2v) is 8.91. The fourth-order valence-electron chi connectivity index (χ4n) is 3.23. The van der Waals surface area contributed by atoms with E-state index in [9.17, 15) is 13.2 Å². The van der Waals surface area contributed by atoms with E-state index in [4.69, 9.17) is 0 Å². The zero-order chi connectivity index (χ0) is 18.2. The Morgan fingerprint density at radius 3 is 2.44 bits per heavy atom. The van der Waals surface area contributed by atoms with Crippen LogP contribution in [0.1, 0.15) is 33.6 Å². The van der Waals surface area contributed by atoms with E-state index in [0.717, 1.165) is 18.2 Å². The van der Waals surface area contributed by atoms with Crippen LogP contribution >= 0.6 is 0 Å². The molecule has 0 saturated heterocycles. The van der Waals surface area contributed by atoms with Crippen LogP contribution in [0.4, 0.5) is 5.69 Å². The number of nitrogens with zero attached hydrogens (tertiary/aromatic N) is 1. The quantitative estimate of drug-likeness (QED) is 0.859. The van der Waals surface area contributed by atoms with E-state index in [0.29, 0.717) is 17.0 Å². The number of carbonyl (C=O) groups is 1. The van der Waals surface area contributed by atoms with Crippen LogP contribution in [0.15, 0.2) is 41.3 Å². The molecule has 0 saturated carbocycles. The van der Waals surface area contributed by atoms with Crippen molar-refractivity contribution in [1.82, 2.24) is 5.32 Å². The number of sulfonamides is 1. The zero-order valence-electron chi connectivity index (χ0n) is 14.8. The number of hydrogen-bond acceptors (Lipinski definition) is 3. The summed E-state index contributed by atoms with van der Waals surface area (Å²) < 4.78 is 26.9. The van der Waals surface area contributed by atoms with Gasteiger partial charge in [0, 0.05) is 11.4 Å². The summed E-state index contributed by atoms with van der Waals surface area (Å²) in [5.41, 5.74) is 0.582. The van der Waals surface area contributed by atoms with E-state index >= 15 is 0 Å². The summed E-state index contributed by atoms with van der Waals surface area (Å²) in [5.74, 6) is 0.301. The maximum absolute atomic E-state index is 12.8. The van der Waals surface area contributed by atoms with Gasteiger partial charge in [0.15, 0.2) is 0 Å². The predicted octanol–water partition coefficient (Wildman–Crippen LogP) is 3.29. The van der Waals surface area contributed by atoms with Crippen LogP contribution in [-0.2, 0) is 14.8 Å². The number of hydrogen-bond donors (Lipinski definition) is 1. The molecule has 1 aliphatic heterocycles. The minimum atomic E-state index is -3.68. The lowest BCUT2D eigenvalue weighted by Gasteiger charge is -2.20. The minimum absolute atomic E-state index is 0.0263. The number of amides is 1. The van der Waals surface area contributed by atoms with Gasteiger partial charge in [-0.3, -0.25) is 9.10 Å². The fraction of sp³-hybridized carbons (Fsp3) is 0.421. The summed E-state index contributed by atoms with van der Waals surface area (Å²) in [6.07, 6.45) is 1.90. The molecule has 2 aromatic carbocycles. The number of nitrogens with one attached hydrogen (secondary N) is 1. The Morgan fingerprint density at radius 1 is 1.08 bits per heavy atom. The first-order valence-electron chi connectivity index (χ1n) is 8.64. The molecule has 0 radical (unpaired) electrons. The summed E-state index contributed by atoms with van der Waals surface area (Å²) >= 11 is 0. The summed E-state index contributed by atoms with van der Waals surface area (Å²) in [4.78, 5) is 12.7. The third-order valence-electron chi connectivity index (χ3n) is 4.55. The van der Waals surface area contributed by atoms with Crippen molar-refractivity contribution < 1.29 is 13.2 Å². The summed E-state index contributed by atoms with van der Waals surface area (Å²) in [6.45, 7) is 6.04. The molecule has 1 aliphatic rings. The third-order valence-corrected chi connectivity index (χ3v) is 6.35. The highest BCUT2D eigenvalue weighted by Crippen LogP contribution is 2.41. The van der Waals surface area contributed by atoms with E-state index in [1.165, 1.54) is 4.31 Å². The standard InChI is InChI=1S/C19H24N2O3S/c1-13(2)10-11-14(3)20-18(22)12-21-16-8-4-6-15-7-5-9-17(19(15)16)25(21,23)24/h4-9,13-14H,10-12H2,1-3H3,(H,20,22)/t14-/m1/s1. The van der Waals surface area contributed by atoms with Gasteiger partial charge in [0.2, 0.25) is 5.91 Å². The van der Waals surface area contributed by atoms with Gasteiger partial charge in [-0.05, 0) is 43.2 Å². The molecular formula is C19H24N2O3S. The van der Waals surface area contributed by atoms with Crippen LogP contribution in [0.25, 0.3) is 10.8 Å². The highest BCUT2D eigenvalue weighted by molar-refractivity contribution is 7.93. The SMILES string of the molecule is CC(C)CC[C@@H](C)NC(=O)CN1c2cccc3cccc(c23)S1(=O)=O. The fourth-order valence-corrected chi connectivity index (χ4v) is 4.90. The van der Waals surface area contributed by atoms with Crippen LogP contribution in [0, 0.1) is 5.92 Å². The number of rotatable bonds is 6. The Bertz CT molecular complexity index is 901. The van der Waals surface area contributed by atoms with Crippen molar-refractivity contribution in [3.05, 3.63) is 36.4 Å². The topological polar surface area (TPSA) is 66.5 Å². The average Bonchev–Trinajstić information content (AvgIpc) is 2.77. The second kappa shape index (κ2) is 6.67. The van der Waals surface area contributed by atoms with Crippen LogP contribution < -0.4 is 9.62 Å². The van der Waals surface area contributed by atoms with Crippen molar-refractivity contribution in [2.45, 2.75) is 44.6 Å². The van der Waals surface area contributed by atoms with Gasteiger partial charge in [-0.15, -0.1) is 0 Å². The molecule has 0 unspecified atom stereocenters. The molecule has 1 atom stereocenters. The summed E-state index contributed by atoms with van der Waals surface area (Å²) in [5, 5.41) is 4.48. The second-order valence-electron chi connectivity index (χ2n) is 7.08. The number of carbonyl (C=O) groups excluding carboxylic acids is 1. The van der Waals surface area contributed by atoms with Gasteiger partial charge in [0.05, 0.1) is 10.6 Å². The molecule has 5 nitrogen and oxygen atoms in total. The first kappa shape index (κ1) is 17.7. The molecule has 0 aromatic heterocycles. The van der Waals surface area contributed by atoms with Crippen LogP contribution in [0.2, 0.25) is 0 Å². The lowest BCUT2D eigenvalue weighted by molar-refractivity contribution is -0.120. The smallest absolute Gasteiger partial charge is 0.265 e. The molecule has 0 fully saturated rings. The number of benzene rings is 2. The van der Waals surface area contributed by atoms with Crippen molar-refractivity contribution in [3.63, 3.8) is 0 Å². The Labute approximate surface area is 149 Å². The molecule has 1 heterocycles. The van der Waals surface area contributed by atoms with E-state index in [1.807, 2.05) is 25.1 Å². The van der Waals surface area contributed by atoms with Gasteiger partial charge < -0.3 is 5.32 Å². The van der Waals surface area contributed by atoms with Crippen LogP contribution in [-0.4, -0.2) is 26.9 Å². The molecular weight excluding hydrogens is 336 g/mol. The lowest BCUT2D eigenvalue weighted by atomic mass is 10.0. The Kier molecular flexibility index (Phi) is 4.73. The molecule has 1 amide bonds. The molecule has 0 bridgehead atoms. The average molecular weight is 360 g/mol. The zero-order valence-corrected chi connectivity index (χ0v) is 15.6. The highest BCUT2D eigenvalue weighted by Gasteiger charge is 2.36. The molecule has 3 rings (SSSR count). The molecule has 2 aromatic rings. The molecule has 134 valence electrons. The minimum Gasteiger partial charge on any atom is -0.352 e. The molecule has 6 heteroatoms. The van der Waals surface area contributed by atoms with Crippen molar-refractivity contribution >= 4 is 32.4 Å².